The van der Waals surface area contributed by atoms with Gasteiger partial charge in [0.05, 0.1) is 5.92 Å². The van der Waals surface area contributed by atoms with Crippen molar-refractivity contribution in [2.24, 2.45) is 5.92 Å². The molecule has 0 aromatic heterocycles. The van der Waals surface area contributed by atoms with Gasteiger partial charge in [-0.25, -0.2) is 0 Å². The predicted molar refractivity (Wildman–Crippen MR) is 86.7 cm³/mol. The van der Waals surface area contributed by atoms with Crippen molar-refractivity contribution in [1.29, 1.82) is 0 Å². The Balaban J connectivity index is 1.70. The summed E-state index contributed by atoms with van der Waals surface area (Å²) < 4.78 is 0. The molecule has 1 aliphatic heterocycles. The van der Waals surface area contributed by atoms with Crippen molar-refractivity contribution < 1.29 is 14.4 Å². The molecule has 1 aliphatic rings. The summed E-state index contributed by atoms with van der Waals surface area (Å²) in [4.78, 5) is 37.4. The van der Waals surface area contributed by atoms with E-state index in [0.29, 0.717) is 25.2 Å². The highest BCUT2D eigenvalue weighted by molar-refractivity contribution is 5.94. The minimum absolute atomic E-state index is 0.0255. The number of amides is 3. The van der Waals surface area contributed by atoms with Crippen LogP contribution < -0.4 is 10.6 Å². The van der Waals surface area contributed by atoms with E-state index in [1.807, 2.05) is 19.9 Å². The van der Waals surface area contributed by atoms with E-state index in [1.165, 1.54) is 0 Å². The van der Waals surface area contributed by atoms with Crippen LogP contribution in [0.4, 0.5) is 0 Å². The van der Waals surface area contributed by atoms with Gasteiger partial charge in [-0.1, -0.05) is 18.2 Å². The van der Waals surface area contributed by atoms with Crippen molar-refractivity contribution in [2.75, 3.05) is 19.6 Å². The smallest absolute Gasteiger partial charge is 0.251 e. The molecule has 3 amide bonds. The topological polar surface area (TPSA) is 78.5 Å². The summed E-state index contributed by atoms with van der Waals surface area (Å²) in [6, 6.07) is 9.03. The maximum atomic E-state index is 12.1. The first kappa shape index (κ1) is 17.0. The minimum atomic E-state index is -0.297. The average molecular weight is 317 g/mol. The molecule has 6 heteroatoms. The fraction of sp³-hybridized carbons (Fsp3) is 0.471. The molecule has 0 saturated carbocycles. The first-order valence-corrected chi connectivity index (χ1v) is 7.89. The number of carbonyl (C=O) groups excluding carboxylic acids is 3. The number of carbonyl (C=O) groups is 3. The number of hydrogen-bond donors (Lipinski definition) is 2. The third-order valence-electron chi connectivity index (χ3n) is 3.90. The van der Waals surface area contributed by atoms with Gasteiger partial charge in [0.1, 0.15) is 0 Å². The molecular formula is C17H23N3O3. The summed E-state index contributed by atoms with van der Waals surface area (Å²) in [5, 5.41) is 5.53. The van der Waals surface area contributed by atoms with E-state index >= 15 is 0 Å². The number of hydrogen-bond acceptors (Lipinski definition) is 3. The van der Waals surface area contributed by atoms with Gasteiger partial charge in [-0.2, -0.15) is 0 Å². The van der Waals surface area contributed by atoms with Crippen molar-refractivity contribution in [3.05, 3.63) is 35.9 Å². The molecule has 1 saturated heterocycles. The predicted octanol–water partition coefficient (Wildman–Crippen LogP) is 0.790. The molecule has 23 heavy (non-hydrogen) atoms. The fourth-order valence-electron chi connectivity index (χ4n) is 2.60. The molecule has 1 aromatic rings. The first-order chi connectivity index (χ1) is 11.0. The van der Waals surface area contributed by atoms with E-state index in [1.54, 1.807) is 29.2 Å². The molecule has 1 aromatic carbocycles. The SMILES string of the molecule is CC(C)N1C[C@H](C(=O)NCCNC(=O)c2ccccc2)CC1=O. The number of likely N-dealkylation sites (tertiary alicyclic amines) is 1. The molecule has 1 fully saturated rings. The Labute approximate surface area is 136 Å². The Hall–Kier alpha value is -2.37. The second-order valence-corrected chi connectivity index (χ2v) is 5.95. The zero-order valence-corrected chi connectivity index (χ0v) is 13.5. The Morgan fingerprint density at radius 1 is 1.17 bits per heavy atom. The molecule has 1 heterocycles. The van der Waals surface area contributed by atoms with Gasteiger partial charge >= 0.3 is 0 Å². The van der Waals surface area contributed by atoms with Crippen molar-refractivity contribution in [3.63, 3.8) is 0 Å². The molecular weight excluding hydrogens is 294 g/mol. The molecule has 0 radical (unpaired) electrons. The highest BCUT2D eigenvalue weighted by atomic mass is 16.2. The normalized spacial score (nSPS) is 17.4. The van der Waals surface area contributed by atoms with Crippen LogP contribution in [0.3, 0.4) is 0 Å². The zero-order chi connectivity index (χ0) is 16.8. The number of benzene rings is 1. The van der Waals surface area contributed by atoms with Crippen molar-refractivity contribution in [1.82, 2.24) is 15.5 Å². The molecule has 0 spiro atoms. The van der Waals surface area contributed by atoms with Crippen molar-refractivity contribution in [2.45, 2.75) is 26.3 Å². The van der Waals surface area contributed by atoms with E-state index < -0.39 is 0 Å². The van der Waals surface area contributed by atoms with Gasteiger partial charge in [-0.05, 0) is 26.0 Å². The van der Waals surface area contributed by atoms with Crippen LogP contribution >= 0.6 is 0 Å². The Morgan fingerprint density at radius 2 is 1.83 bits per heavy atom. The lowest BCUT2D eigenvalue weighted by molar-refractivity contribution is -0.129. The lowest BCUT2D eigenvalue weighted by Gasteiger charge is -2.20. The molecule has 6 nitrogen and oxygen atoms in total. The summed E-state index contributed by atoms with van der Waals surface area (Å²) in [5.41, 5.74) is 0.591. The Morgan fingerprint density at radius 3 is 2.43 bits per heavy atom. The molecule has 0 aliphatic carbocycles. The fourth-order valence-corrected chi connectivity index (χ4v) is 2.60. The van der Waals surface area contributed by atoms with E-state index in [2.05, 4.69) is 10.6 Å². The minimum Gasteiger partial charge on any atom is -0.354 e. The number of rotatable bonds is 6. The first-order valence-electron chi connectivity index (χ1n) is 7.89. The van der Waals surface area contributed by atoms with Gasteiger partial charge in [-0.15, -0.1) is 0 Å². The monoisotopic (exact) mass is 317 g/mol. The van der Waals surface area contributed by atoms with Gasteiger partial charge in [0.15, 0.2) is 0 Å². The highest BCUT2D eigenvalue weighted by Gasteiger charge is 2.35. The van der Waals surface area contributed by atoms with Gasteiger partial charge in [0.25, 0.3) is 5.91 Å². The van der Waals surface area contributed by atoms with E-state index in [9.17, 15) is 14.4 Å². The molecule has 2 N–H and O–H groups in total. The maximum Gasteiger partial charge on any atom is 0.251 e. The lowest BCUT2D eigenvalue weighted by Crippen LogP contribution is -2.39. The van der Waals surface area contributed by atoms with E-state index in [4.69, 9.17) is 0 Å². The summed E-state index contributed by atoms with van der Waals surface area (Å²) >= 11 is 0. The third kappa shape index (κ3) is 4.55. The van der Waals surface area contributed by atoms with Crippen LogP contribution in [0.1, 0.15) is 30.6 Å². The lowest BCUT2D eigenvalue weighted by atomic mass is 10.1. The van der Waals surface area contributed by atoms with Gasteiger partial charge in [-0.3, -0.25) is 14.4 Å². The van der Waals surface area contributed by atoms with Crippen LogP contribution in [0.15, 0.2) is 30.3 Å². The molecule has 124 valence electrons. The quantitative estimate of drug-likeness (QED) is 0.762. The maximum absolute atomic E-state index is 12.1. The summed E-state index contributed by atoms with van der Waals surface area (Å²) in [7, 11) is 0. The molecule has 1 atom stereocenters. The van der Waals surface area contributed by atoms with Crippen LogP contribution in [0, 0.1) is 5.92 Å². The van der Waals surface area contributed by atoms with Crippen molar-refractivity contribution in [3.8, 4) is 0 Å². The molecule has 2 rings (SSSR count). The van der Waals surface area contributed by atoms with Crippen LogP contribution in [0.25, 0.3) is 0 Å². The summed E-state index contributed by atoms with van der Waals surface area (Å²) in [6.45, 7) is 5.06. The van der Waals surface area contributed by atoms with E-state index in [0.717, 1.165) is 0 Å². The second-order valence-electron chi connectivity index (χ2n) is 5.95. The largest absolute Gasteiger partial charge is 0.354 e. The second kappa shape index (κ2) is 7.76. The van der Waals surface area contributed by atoms with Crippen LogP contribution in [0.5, 0.6) is 0 Å². The number of nitrogens with zero attached hydrogens (tertiary/aromatic N) is 1. The van der Waals surface area contributed by atoms with Gasteiger partial charge in [0.2, 0.25) is 11.8 Å². The van der Waals surface area contributed by atoms with Crippen LogP contribution in [-0.2, 0) is 9.59 Å². The molecule has 0 bridgehead atoms. The summed E-state index contributed by atoms with van der Waals surface area (Å²) in [6.07, 6.45) is 0.264. The van der Waals surface area contributed by atoms with Gasteiger partial charge < -0.3 is 15.5 Å². The van der Waals surface area contributed by atoms with Gasteiger partial charge in [0, 0.05) is 37.7 Å². The average Bonchev–Trinajstić information content (AvgIpc) is 2.94. The summed E-state index contributed by atoms with van der Waals surface area (Å²) in [5.74, 6) is -0.565. The van der Waals surface area contributed by atoms with Crippen molar-refractivity contribution >= 4 is 17.7 Å². The third-order valence-corrected chi connectivity index (χ3v) is 3.90. The number of nitrogens with one attached hydrogen (secondary N) is 2. The van der Waals surface area contributed by atoms with Crippen LogP contribution in [-0.4, -0.2) is 48.3 Å². The molecule has 0 unspecified atom stereocenters. The zero-order valence-electron chi connectivity index (χ0n) is 13.5. The Kier molecular flexibility index (Phi) is 5.73. The highest BCUT2D eigenvalue weighted by Crippen LogP contribution is 2.19. The van der Waals surface area contributed by atoms with E-state index in [-0.39, 0.29) is 36.1 Å². The standard InChI is InChI=1S/C17H23N3O3/c1-12(2)20-11-14(10-15(20)21)17(23)19-9-8-18-16(22)13-6-4-3-5-7-13/h3-7,12,14H,8-11H2,1-2H3,(H,18,22)(H,19,23)/t14-/m1/s1. The Bertz CT molecular complexity index is 572. The van der Waals surface area contributed by atoms with Crippen LogP contribution in [0.2, 0.25) is 0 Å².